The average molecular weight is 575 g/mol. The number of rotatable bonds is 4. The van der Waals surface area contributed by atoms with E-state index in [1.54, 1.807) is 0 Å². The van der Waals surface area contributed by atoms with E-state index in [0.717, 1.165) is 38.9 Å². The molecule has 45 heavy (non-hydrogen) atoms. The Labute approximate surface area is 258 Å². The molecule has 0 spiro atoms. The highest BCUT2D eigenvalue weighted by Gasteiger charge is 2.17. The van der Waals surface area contributed by atoms with Crippen molar-refractivity contribution < 1.29 is 4.42 Å². The molecule has 3 nitrogen and oxygen atoms in total. The number of hydrogen-bond acceptors (Lipinski definition) is 2. The third-order valence-electron chi connectivity index (χ3n) is 9.31. The van der Waals surface area contributed by atoms with Crippen LogP contribution in [0.25, 0.3) is 82.3 Å². The van der Waals surface area contributed by atoms with Crippen LogP contribution in [0.2, 0.25) is 0 Å². The molecule has 3 aromatic heterocycles. The largest absolute Gasteiger partial charge is 0.456 e. The highest BCUT2D eigenvalue weighted by molar-refractivity contribution is 6.23. The van der Waals surface area contributed by atoms with Crippen molar-refractivity contribution in [1.82, 2.24) is 4.40 Å². The lowest BCUT2D eigenvalue weighted by molar-refractivity contribution is 0.669. The van der Waals surface area contributed by atoms with Crippen LogP contribution in [0.4, 0.5) is 11.4 Å². The van der Waals surface area contributed by atoms with E-state index in [1.165, 1.54) is 54.8 Å². The van der Waals surface area contributed by atoms with Gasteiger partial charge in [0.15, 0.2) is 0 Å². The Balaban J connectivity index is 0.969. The van der Waals surface area contributed by atoms with Crippen molar-refractivity contribution in [3.63, 3.8) is 0 Å². The van der Waals surface area contributed by atoms with Gasteiger partial charge < -0.3 is 14.1 Å². The molecule has 10 aromatic rings. The summed E-state index contributed by atoms with van der Waals surface area (Å²) in [4.78, 5) is 0. The van der Waals surface area contributed by atoms with Gasteiger partial charge in [0.05, 0.1) is 16.6 Å². The highest BCUT2D eigenvalue weighted by Crippen LogP contribution is 2.40. The smallest absolute Gasteiger partial charge is 0.137 e. The normalized spacial score (nSPS) is 12.0. The van der Waals surface area contributed by atoms with Gasteiger partial charge in [0.1, 0.15) is 11.2 Å². The number of aromatic nitrogens is 1. The van der Waals surface area contributed by atoms with Crippen molar-refractivity contribution in [1.29, 1.82) is 0 Å². The summed E-state index contributed by atoms with van der Waals surface area (Å²) in [7, 11) is 0. The van der Waals surface area contributed by atoms with Gasteiger partial charge >= 0.3 is 0 Å². The van der Waals surface area contributed by atoms with Crippen LogP contribution < -0.4 is 5.32 Å². The standard InChI is InChI=1S/C42H26N2O/c1-2-7-26(8-3-1)29-15-20-33-34-21-19-31(25-41(34)45-40(33)24-29)43-30-17-13-27(14-18-30)28-16-22-39-37(23-28)36-11-6-10-35-32-9-4-5-12-38(32)44(39)42(35)36/h1-25,43H. The quantitative estimate of drug-likeness (QED) is 0.227. The summed E-state index contributed by atoms with van der Waals surface area (Å²) in [5, 5.41) is 11.0. The zero-order chi connectivity index (χ0) is 29.5. The van der Waals surface area contributed by atoms with Crippen LogP contribution in [0, 0.1) is 0 Å². The van der Waals surface area contributed by atoms with E-state index in [0.29, 0.717) is 0 Å². The van der Waals surface area contributed by atoms with Crippen molar-refractivity contribution in [2.45, 2.75) is 0 Å². The molecular formula is C42H26N2O. The summed E-state index contributed by atoms with van der Waals surface area (Å²) in [5.74, 6) is 0. The third-order valence-corrected chi connectivity index (χ3v) is 9.31. The fraction of sp³-hybridized carbons (Fsp3) is 0. The predicted octanol–water partition coefficient (Wildman–Crippen LogP) is 11.8. The first-order valence-electron chi connectivity index (χ1n) is 15.3. The number of para-hydroxylation sites is 2. The summed E-state index contributed by atoms with van der Waals surface area (Å²) in [6, 6.07) is 54.2. The first-order chi connectivity index (χ1) is 22.3. The molecule has 1 N–H and O–H groups in total. The molecule has 0 amide bonds. The first-order valence-corrected chi connectivity index (χ1v) is 15.3. The van der Waals surface area contributed by atoms with E-state index in [4.69, 9.17) is 4.42 Å². The zero-order valence-electron chi connectivity index (χ0n) is 24.3. The monoisotopic (exact) mass is 574 g/mol. The topological polar surface area (TPSA) is 29.6 Å². The average Bonchev–Trinajstić information content (AvgIpc) is 3.75. The third kappa shape index (κ3) is 3.65. The molecular weight excluding hydrogens is 548 g/mol. The number of fused-ring (bicyclic) bond motifs is 9. The van der Waals surface area contributed by atoms with Crippen LogP contribution in [0.15, 0.2) is 156 Å². The molecule has 0 saturated carbocycles. The maximum absolute atomic E-state index is 6.33. The van der Waals surface area contributed by atoms with Crippen LogP contribution in [-0.2, 0) is 0 Å². The van der Waals surface area contributed by atoms with Crippen LogP contribution >= 0.6 is 0 Å². The fourth-order valence-electron chi connectivity index (χ4n) is 7.19. The molecule has 0 aliphatic rings. The van der Waals surface area contributed by atoms with Gasteiger partial charge in [0.25, 0.3) is 0 Å². The second-order valence-corrected chi connectivity index (χ2v) is 11.9. The summed E-state index contributed by atoms with van der Waals surface area (Å²) in [6.45, 7) is 0. The molecule has 3 heteroatoms. The molecule has 3 heterocycles. The number of hydrogen-bond donors (Lipinski definition) is 1. The number of nitrogens with zero attached hydrogens (tertiary/aromatic N) is 1. The summed E-state index contributed by atoms with van der Waals surface area (Å²) in [5.41, 5.74) is 12.4. The van der Waals surface area contributed by atoms with Crippen molar-refractivity contribution in [2.75, 3.05) is 5.32 Å². The van der Waals surface area contributed by atoms with E-state index in [1.807, 2.05) is 6.07 Å². The molecule has 0 unspecified atom stereocenters. The van der Waals surface area contributed by atoms with E-state index >= 15 is 0 Å². The van der Waals surface area contributed by atoms with E-state index in [2.05, 4.69) is 155 Å². The van der Waals surface area contributed by atoms with Gasteiger partial charge in [-0.1, -0.05) is 91.0 Å². The molecule has 0 aliphatic heterocycles. The highest BCUT2D eigenvalue weighted by atomic mass is 16.3. The Kier molecular flexibility index (Phi) is 5.00. The Bertz CT molecular complexity index is 2710. The summed E-state index contributed by atoms with van der Waals surface area (Å²) < 4.78 is 8.75. The van der Waals surface area contributed by atoms with Gasteiger partial charge in [0.2, 0.25) is 0 Å². The minimum absolute atomic E-state index is 0.878. The van der Waals surface area contributed by atoms with E-state index < -0.39 is 0 Å². The van der Waals surface area contributed by atoms with Crippen molar-refractivity contribution in [3.8, 4) is 22.3 Å². The Morgan fingerprint density at radius 3 is 1.84 bits per heavy atom. The lowest BCUT2D eigenvalue weighted by atomic mass is 10.0. The van der Waals surface area contributed by atoms with Gasteiger partial charge in [-0.25, -0.2) is 0 Å². The Morgan fingerprint density at radius 2 is 0.978 bits per heavy atom. The SMILES string of the molecule is c1ccc(-c2ccc3c(c2)oc2cc(Nc4ccc(-c5ccc6c(c5)c5cccc7c8ccccc8n6c75)cc4)ccc23)cc1. The van der Waals surface area contributed by atoms with Gasteiger partial charge in [-0.15, -0.1) is 0 Å². The van der Waals surface area contributed by atoms with Crippen LogP contribution in [0.5, 0.6) is 0 Å². The number of furan rings is 1. The fourth-order valence-corrected chi connectivity index (χ4v) is 7.19. The maximum Gasteiger partial charge on any atom is 0.137 e. The summed E-state index contributed by atoms with van der Waals surface area (Å²) >= 11 is 0. The predicted molar refractivity (Wildman–Crippen MR) is 189 cm³/mol. The number of nitrogens with one attached hydrogen (secondary N) is 1. The lowest BCUT2D eigenvalue weighted by Gasteiger charge is -2.08. The van der Waals surface area contributed by atoms with Crippen LogP contribution in [-0.4, -0.2) is 4.40 Å². The van der Waals surface area contributed by atoms with Gasteiger partial charge in [-0.2, -0.15) is 0 Å². The van der Waals surface area contributed by atoms with Gasteiger partial charge in [0, 0.05) is 49.8 Å². The van der Waals surface area contributed by atoms with E-state index in [9.17, 15) is 0 Å². The van der Waals surface area contributed by atoms with Crippen molar-refractivity contribution >= 4 is 71.4 Å². The minimum atomic E-state index is 0.878. The Hall–Kier alpha value is -6.06. The molecule has 0 atom stereocenters. The first kappa shape index (κ1) is 24.4. The molecule has 0 aliphatic carbocycles. The molecule has 10 rings (SSSR count). The van der Waals surface area contributed by atoms with Gasteiger partial charge in [-0.05, 0) is 76.9 Å². The van der Waals surface area contributed by atoms with Crippen LogP contribution in [0.3, 0.4) is 0 Å². The number of benzene rings is 7. The summed E-state index contributed by atoms with van der Waals surface area (Å²) in [6.07, 6.45) is 0. The lowest BCUT2D eigenvalue weighted by Crippen LogP contribution is -1.90. The van der Waals surface area contributed by atoms with E-state index in [-0.39, 0.29) is 0 Å². The second-order valence-electron chi connectivity index (χ2n) is 11.9. The zero-order valence-corrected chi connectivity index (χ0v) is 24.3. The Morgan fingerprint density at radius 1 is 0.378 bits per heavy atom. The molecule has 0 fully saturated rings. The molecule has 210 valence electrons. The minimum Gasteiger partial charge on any atom is -0.456 e. The molecule has 0 saturated heterocycles. The number of anilines is 2. The van der Waals surface area contributed by atoms with Gasteiger partial charge in [-0.3, -0.25) is 0 Å². The van der Waals surface area contributed by atoms with Crippen LogP contribution in [0.1, 0.15) is 0 Å². The van der Waals surface area contributed by atoms with Crippen molar-refractivity contribution in [3.05, 3.63) is 152 Å². The molecule has 0 radical (unpaired) electrons. The molecule has 7 aromatic carbocycles. The molecule has 0 bridgehead atoms. The second kappa shape index (κ2) is 9.22. The van der Waals surface area contributed by atoms with Crippen molar-refractivity contribution in [2.24, 2.45) is 0 Å². The maximum atomic E-state index is 6.33.